The number of amides is 1. The van der Waals surface area contributed by atoms with E-state index in [2.05, 4.69) is 10.6 Å². The number of anilines is 1. The van der Waals surface area contributed by atoms with Crippen molar-refractivity contribution in [2.45, 2.75) is 38.8 Å². The maximum absolute atomic E-state index is 11.8. The Hall–Kier alpha value is -1.33. The first-order valence-corrected chi connectivity index (χ1v) is 6.43. The van der Waals surface area contributed by atoms with Crippen molar-refractivity contribution < 1.29 is 4.79 Å². The van der Waals surface area contributed by atoms with Crippen LogP contribution in [0.1, 0.15) is 26.2 Å². The number of rotatable bonds is 4. The largest absolute Gasteiger partial charge is 0.325 e. The zero-order valence-electron chi connectivity index (χ0n) is 11.0. The molecule has 5 nitrogen and oxygen atoms in total. The summed E-state index contributed by atoms with van der Waals surface area (Å²) < 4.78 is 1.57. The van der Waals surface area contributed by atoms with E-state index < -0.39 is 0 Å². The summed E-state index contributed by atoms with van der Waals surface area (Å²) in [7, 11) is 0. The van der Waals surface area contributed by atoms with Gasteiger partial charge in [-0.1, -0.05) is 0 Å². The predicted molar refractivity (Wildman–Crippen MR) is 77.9 cm³/mol. The van der Waals surface area contributed by atoms with Crippen LogP contribution in [-0.4, -0.2) is 23.1 Å². The molecule has 0 spiro atoms. The standard InChI is InChI=1S/C13H19N3O2.ClH/c1-2-16-9-11(5-6-13(16)18)15-12(17)8-10-4-3-7-14-10;/h5-6,9-10,14H,2-4,7-8H2,1H3,(H,15,17);1H. The van der Waals surface area contributed by atoms with Crippen LogP contribution in [0.15, 0.2) is 23.1 Å². The number of aryl methyl sites for hydroxylation is 1. The number of hydrogen-bond donors (Lipinski definition) is 2. The normalized spacial score (nSPS) is 17.8. The van der Waals surface area contributed by atoms with Gasteiger partial charge in [0.25, 0.3) is 5.56 Å². The van der Waals surface area contributed by atoms with Crippen molar-refractivity contribution >= 4 is 24.0 Å². The number of hydrogen-bond acceptors (Lipinski definition) is 3. The van der Waals surface area contributed by atoms with Gasteiger partial charge in [-0.05, 0) is 32.4 Å². The van der Waals surface area contributed by atoms with Gasteiger partial charge in [-0.2, -0.15) is 0 Å². The highest BCUT2D eigenvalue weighted by molar-refractivity contribution is 5.90. The summed E-state index contributed by atoms with van der Waals surface area (Å²) >= 11 is 0. The Morgan fingerprint density at radius 2 is 2.32 bits per heavy atom. The fraction of sp³-hybridized carbons (Fsp3) is 0.538. The van der Waals surface area contributed by atoms with Crippen LogP contribution in [0.3, 0.4) is 0 Å². The number of pyridine rings is 1. The van der Waals surface area contributed by atoms with Gasteiger partial charge < -0.3 is 15.2 Å². The average molecular weight is 286 g/mol. The molecule has 1 aromatic rings. The Balaban J connectivity index is 0.00000180. The second-order valence-corrected chi connectivity index (χ2v) is 4.59. The highest BCUT2D eigenvalue weighted by Gasteiger charge is 2.17. The van der Waals surface area contributed by atoms with E-state index in [0.29, 0.717) is 24.7 Å². The summed E-state index contributed by atoms with van der Waals surface area (Å²) in [6.45, 7) is 3.50. The van der Waals surface area contributed by atoms with Gasteiger partial charge in [-0.15, -0.1) is 12.4 Å². The van der Waals surface area contributed by atoms with Crippen molar-refractivity contribution in [1.29, 1.82) is 0 Å². The molecule has 0 aromatic carbocycles. The molecule has 1 saturated heterocycles. The van der Waals surface area contributed by atoms with Gasteiger partial charge in [0.15, 0.2) is 0 Å². The number of carbonyl (C=O) groups is 1. The summed E-state index contributed by atoms with van der Waals surface area (Å²) in [5, 5.41) is 6.12. The Kier molecular flexibility index (Phi) is 6.05. The van der Waals surface area contributed by atoms with Crippen LogP contribution in [0.5, 0.6) is 0 Å². The number of aromatic nitrogens is 1. The third-order valence-corrected chi connectivity index (χ3v) is 3.20. The minimum atomic E-state index is -0.0482. The third kappa shape index (κ3) is 4.36. The molecule has 1 amide bonds. The van der Waals surface area contributed by atoms with Gasteiger partial charge in [0.05, 0.1) is 5.69 Å². The average Bonchev–Trinajstić information content (AvgIpc) is 2.84. The molecular formula is C13H20ClN3O2. The molecule has 1 atom stereocenters. The van der Waals surface area contributed by atoms with E-state index in [1.54, 1.807) is 16.8 Å². The topological polar surface area (TPSA) is 63.1 Å². The summed E-state index contributed by atoms with van der Waals surface area (Å²) in [5.74, 6) is -0.00398. The highest BCUT2D eigenvalue weighted by atomic mass is 35.5. The molecule has 19 heavy (non-hydrogen) atoms. The maximum atomic E-state index is 11.8. The zero-order valence-corrected chi connectivity index (χ0v) is 11.8. The van der Waals surface area contributed by atoms with Gasteiger partial charge in [0.1, 0.15) is 0 Å². The molecule has 1 aromatic heterocycles. The predicted octanol–water partition coefficient (Wildman–Crippen LogP) is 1.37. The molecule has 0 radical (unpaired) electrons. The number of carbonyl (C=O) groups excluding carboxylic acids is 1. The molecule has 2 rings (SSSR count). The molecule has 2 N–H and O–H groups in total. The van der Waals surface area contributed by atoms with E-state index in [1.807, 2.05) is 6.92 Å². The highest BCUT2D eigenvalue weighted by Crippen LogP contribution is 2.10. The van der Waals surface area contributed by atoms with Gasteiger partial charge in [0, 0.05) is 31.3 Å². The van der Waals surface area contributed by atoms with Crippen LogP contribution < -0.4 is 16.2 Å². The molecule has 1 unspecified atom stereocenters. The van der Waals surface area contributed by atoms with E-state index in [4.69, 9.17) is 0 Å². The van der Waals surface area contributed by atoms with E-state index >= 15 is 0 Å². The molecule has 0 aliphatic carbocycles. The number of nitrogens with one attached hydrogen (secondary N) is 2. The van der Waals surface area contributed by atoms with Gasteiger partial charge in [-0.3, -0.25) is 9.59 Å². The maximum Gasteiger partial charge on any atom is 0.250 e. The van der Waals surface area contributed by atoms with Crippen LogP contribution >= 0.6 is 12.4 Å². The lowest BCUT2D eigenvalue weighted by Crippen LogP contribution is -2.28. The van der Waals surface area contributed by atoms with Crippen LogP contribution in [0.4, 0.5) is 5.69 Å². The zero-order chi connectivity index (χ0) is 13.0. The number of nitrogens with zero attached hydrogens (tertiary/aromatic N) is 1. The Bertz CT molecular complexity index is 481. The Labute approximate surface area is 118 Å². The van der Waals surface area contributed by atoms with Crippen molar-refractivity contribution in [3.05, 3.63) is 28.7 Å². The molecule has 106 valence electrons. The van der Waals surface area contributed by atoms with E-state index in [9.17, 15) is 9.59 Å². The third-order valence-electron chi connectivity index (χ3n) is 3.20. The van der Waals surface area contributed by atoms with Crippen molar-refractivity contribution in [2.24, 2.45) is 0 Å². The molecule has 1 aliphatic rings. The molecule has 6 heteroatoms. The first kappa shape index (κ1) is 15.7. The van der Waals surface area contributed by atoms with E-state index in [1.165, 1.54) is 6.07 Å². The first-order chi connectivity index (χ1) is 8.69. The van der Waals surface area contributed by atoms with Gasteiger partial charge >= 0.3 is 0 Å². The van der Waals surface area contributed by atoms with Crippen LogP contribution in [-0.2, 0) is 11.3 Å². The van der Waals surface area contributed by atoms with Crippen LogP contribution in [0.25, 0.3) is 0 Å². The second kappa shape index (κ2) is 7.31. The van der Waals surface area contributed by atoms with Crippen molar-refractivity contribution in [1.82, 2.24) is 9.88 Å². The van der Waals surface area contributed by atoms with Gasteiger partial charge in [-0.25, -0.2) is 0 Å². The molecule has 1 aliphatic heterocycles. The lowest BCUT2D eigenvalue weighted by molar-refractivity contribution is -0.116. The van der Waals surface area contributed by atoms with Crippen molar-refractivity contribution in [2.75, 3.05) is 11.9 Å². The van der Waals surface area contributed by atoms with Gasteiger partial charge in [0.2, 0.25) is 5.91 Å². The minimum Gasteiger partial charge on any atom is -0.325 e. The quantitative estimate of drug-likeness (QED) is 0.878. The Morgan fingerprint density at radius 1 is 1.53 bits per heavy atom. The summed E-state index contributed by atoms with van der Waals surface area (Å²) in [5.41, 5.74) is 0.632. The fourth-order valence-corrected chi connectivity index (χ4v) is 2.22. The van der Waals surface area contributed by atoms with E-state index in [-0.39, 0.29) is 23.9 Å². The fourth-order valence-electron chi connectivity index (χ4n) is 2.22. The molecule has 1 fully saturated rings. The lowest BCUT2D eigenvalue weighted by Gasteiger charge is -2.11. The first-order valence-electron chi connectivity index (χ1n) is 6.43. The summed E-state index contributed by atoms with van der Waals surface area (Å²) in [4.78, 5) is 23.2. The molecular weight excluding hydrogens is 266 g/mol. The minimum absolute atomic E-state index is 0. The van der Waals surface area contributed by atoms with Crippen molar-refractivity contribution in [3.8, 4) is 0 Å². The SMILES string of the molecule is CCn1cc(NC(=O)CC2CCCN2)ccc1=O.Cl. The van der Waals surface area contributed by atoms with E-state index in [0.717, 1.165) is 19.4 Å². The van der Waals surface area contributed by atoms with Crippen molar-refractivity contribution in [3.63, 3.8) is 0 Å². The molecule has 2 heterocycles. The van der Waals surface area contributed by atoms with Crippen LogP contribution in [0, 0.1) is 0 Å². The lowest BCUT2D eigenvalue weighted by atomic mass is 10.1. The Morgan fingerprint density at radius 3 is 2.95 bits per heavy atom. The summed E-state index contributed by atoms with van der Waals surface area (Å²) in [6.07, 6.45) is 4.37. The summed E-state index contributed by atoms with van der Waals surface area (Å²) in [6, 6.07) is 3.42. The second-order valence-electron chi connectivity index (χ2n) is 4.59. The number of halogens is 1. The monoisotopic (exact) mass is 285 g/mol. The smallest absolute Gasteiger partial charge is 0.250 e. The molecule has 0 saturated carbocycles. The van der Waals surface area contributed by atoms with Crippen LogP contribution in [0.2, 0.25) is 0 Å². The molecule has 0 bridgehead atoms.